The molecule has 112 valence electrons. The summed E-state index contributed by atoms with van der Waals surface area (Å²) in [5, 5.41) is 2.15. The Balaban J connectivity index is 1.87. The third kappa shape index (κ3) is 3.75. The van der Waals surface area contributed by atoms with Gasteiger partial charge in [0.2, 0.25) is 0 Å². The van der Waals surface area contributed by atoms with Gasteiger partial charge < -0.3 is 5.73 Å². The van der Waals surface area contributed by atoms with Crippen LogP contribution in [0.25, 0.3) is 0 Å². The van der Waals surface area contributed by atoms with Crippen LogP contribution < -0.4 is 5.73 Å². The molecular formula is C17H21BrN2S. The lowest BCUT2D eigenvalue weighted by Gasteiger charge is -2.34. The van der Waals surface area contributed by atoms with Crippen LogP contribution in [0.15, 0.2) is 46.3 Å². The van der Waals surface area contributed by atoms with Crippen molar-refractivity contribution in [2.45, 2.75) is 44.4 Å². The fourth-order valence-electron chi connectivity index (χ4n) is 2.90. The first-order valence-electron chi connectivity index (χ1n) is 7.44. The molecule has 1 aromatic heterocycles. The van der Waals surface area contributed by atoms with Crippen molar-refractivity contribution < 1.29 is 0 Å². The number of halogens is 1. The summed E-state index contributed by atoms with van der Waals surface area (Å²) in [6, 6.07) is 14.1. The largest absolute Gasteiger partial charge is 0.326 e. The summed E-state index contributed by atoms with van der Waals surface area (Å²) >= 11 is 5.35. The molecule has 2 N–H and O–H groups in total. The van der Waals surface area contributed by atoms with Gasteiger partial charge >= 0.3 is 0 Å². The Bertz CT molecular complexity index is 561. The monoisotopic (exact) mass is 364 g/mol. The molecule has 0 radical (unpaired) electrons. The Morgan fingerprint density at radius 2 is 2.00 bits per heavy atom. The van der Waals surface area contributed by atoms with Gasteiger partial charge in [-0.15, -0.1) is 11.3 Å². The van der Waals surface area contributed by atoms with Crippen LogP contribution in [-0.4, -0.2) is 17.0 Å². The smallest absolute Gasteiger partial charge is 0.0503 e. The molecule has 0 spiro atoms. The van der Waals surface area contributed by atoms with Crippen molar-refractivity contribution in [3.8, 4) is 0 Å². The topological polar surface area (TPSA) is 29.3 Å². The molecule has 0 bridgehead atoms. The molecule has 2 aromatic rings. The fraction of sp³-hybridized carbons (Fsp3) is 0.412. The molecule has 0 aliphatic heterocycles. The highest BCUT2D eigenvalue weighted by atomic mass is 79.9. The van der Waals surface area contributed by atoms with E-state index in [-0.39, 0.29) is 12.1 Å². The maximum atomic E-state index is 6.35. The Hall–Kier alpha value is -0.680. The summed E-state index contributed by atoms with van der Waals surface area (Å²) in [5.74, 6) is 0. The summed E-state index contributed by atoms with van der Waals surface area (Å²) in [6.07, 6.45) is 2.59. The second-order valence-electron chi connectivity index (χ2n) is 5.84. The highest BCUT2D eigenvalue weighted by molar-refractivity contribution is 9.10. The second kappa shape index (κ2) is 6.61. The molecule has 1 heterocycles. The zero-order valence-corrected chi connectivity index (χ0v) is 14.6. The number of rotatable bonds is 6. The van der Waals surface area contributed by atoms with Crippen LogP contribution in [0.4, 0.5) is 0 Å². The van der Waals surface area contributed by atoms with Gasteiger partial charge in [0.25, 0.3) is 0 Å². The van der Waals surface area contributed by atoms with E-state index in [4.69, 9.17) is 5.73 Å². The number of benzene rings is 1. The first-order valence-corrected chi connectivity index (χ1v) is 9.11. The number of nitrogens with two attached hydrogens (primary N) is 1. The molecule has 0 amide bonds. The van der Waals surface area contributed by atoms with E-state index in [2.05, 4.69) is 69.5 Å². The van der Waals surface area contributed by atoms with Gasteiger partial charge in [-0.2, -0.15) is 0 Å². The van der Waals surface area contributed by atoms with Crippen molar-refractivity contribution in [3.05, 3.63) is 56.7 Å². The zero-order valence-electron chi connectivity index (χ0n) is 12.2. The van der Waals surface area contributed by atoms with E-state index in [1.54, 1.807) is 0 Å². The Morgan fingerprint density at radius 3 is 2.52 bits per heavy atom. The highest BCUT2D eigenvalue weighted by Gasteiger charge is 2.36. The number of hydrogen-bond donors (Lipinski definition) is 1. The molecule has 3 rings (SSSR count). The number of hydrogen-bond acceptors (Lipinski definition) is 3. The summed E-state index contributed by atoms with van der Waals surface area (Å²) in [7, 11) is 0. The van der Waals surface area contributed by atoms with Crippen LogP contribution in [0.1, 0.15) is 36.2 Å². The second-order valence-corrected chi connectivity index (χ2v) is 7.79. The maximum absolute atomic E-state index is 6.35. The van der Waals surface area contributed by atoms with Gasteiger partial charge in [0.1, 0.15) is 0 Å². The number of nitrogens with zero attached hydrogens (tertiary/aromatic N) is 1. The van der Waals surface area contributed by atoms with Crippen LogP contribution in [0, 0.1) is 0 Å². The lowest BCUT2D eigenvalue weighted by atomic mass is 9.98. The molecule has 2 nitrogen and oxygen atoms in total. The highest BCUT2D eigenvalue weighted by Crippen LogP contribution is 2.37. The van der Waals surface area contributed by atoms with Crippen LogP contribution in [0.5, 0.6) is 0 Å². The fourth-order valence-corrected chi connectivity index (χ4v) is 3.88. The zero-order chi connectivity index (χ0) is 14.8. The van der Waals surface area contributed by atoms with Crippen molar-refractivity contribution in [2.24, 2.45) is 5.73 Å². The Kier molecular flexibility index (Phi) is 4.79. The predicted molar refractivity (Wildman–Crippen MR) is 93.4 cm³/mol. The summed E-state index contributed by atoms with van der Waals surface area (Å²) in [4.78, 5) is 4.02. The predicted octanol–water partition coefficient (Wildman–Crippen LogP) is 4.56. The molecule has 1 aliphatic rings. The molecular weight excluding hydrogens is 344 g/mol. The van der Waals surface area contributed by atoms with E-state index in [0.29, 0.717) is 6.04 Å². The molecule has 1 aliphatic carbocycles. The minimum Gasteiger partial charge on any atom is -0.326 e. The summed E-state index contributed by atoms with van der Waals surface area (Å²) in [5.41, 5.74) is 7.67. The van der Waals surface area contributed by atoms with Crippen molar-refractivity contribution in [1.82, 2.24) is 4.90 Å². The standard InChI is InChI=1S/C17H21BrN2S/c1-12(19)17(13-4-6-14(18)7-5-13)20(15-8-9-15)11-16-3-2-10-21-16/h2-7,10,12,15,17H,8-9,11,19H2,1H3. The van der Waals surface area contributed by atoms with E-state index >= 15 is 0 Å². The first kappa shape index (κ1) is 15.2. The van der Waals surface area contributed by atoms with Gasteiger partial charge in [-0.25, -0.2) is 0 Å². The van der Waals surface area contributed by atoms with Crippen LogP contribution >= 0.6 is 27.3 Å². The van der Waals surface area contributed by atoms with Crippen molar-refractivity contribution in [2.75, 3.05) is 0 Å². The number of thiophene rings is 1. The van der Waals surface area contributed by atoms with Gasteiger partial charge in [0.05, 0.1) is 6.04 Å². The van der Waals surface area contributed by atoms with Gasteiger partial charge in [0.15, 0.2) is 0 Å². The molecule has 1 saturated carbocycles. The van der Waals surface area contributed by atoms with Gasteiger partial charge in [-0.05, 0) is 48.9 Å². The molecule has 2 unspecified atom stereocenters. The van der Waals surface area contributed by atoms with Crippen molar-refractivity contribution >= 4 is 27.3 Å². The van der Waals surface area contributed by atoms with E-state index in [9.17, 15) is 0 Å². The van der Waals surface area contributed by atoms with E-state index in [1.165, 1.54) is 23.3 Å². The minimum absolute atomic E-state index is 0.117. The van der Waals surface area contributed by atoms with Crippen LogP contribution in [0.2, 0.25) is 0 Å². The Morgan fingerprint density at radius 1 is 1.29 bits per heavy atom. The average Bonchev–Trinajstić information content (AvgIpc) is 3.18. The molecule has 0 saturated heterocycles. The first-order chi connectivity index (χ1) is 10.1. The van der Waals surface area contributed by atoms with Crippen LogP contribution in [0.3, 0.4) is 0 Å². The van der Waals surface area contributed by atoms with Gasteiger partial charge in [-0.3, -0.25) is 4.90 Å². The molecule has 1 fully saturated rings. The molecule has 2 atom stereocenters. The lowest BCUT2D eigenvalue weighted by Crippen LogP contribution is -2.40. The van der Waals surface area contributed by atoms with Crippen molar-refractivity contribution in [3.63, 3.8) is 0 Å². The molecule has 21 heavy (non-hydrogen) atoms. The van der Waals surface area contributed by atoms with Crippen molar-refractivity contribution in [1.29, 1.82) is 0 Å². The normalized spacial score (nSPS) is 17.9. The molecule has 1 aromatic carbocycles. The quantitative estimate of drug-likeness (QED) is 0.813. The lowest BCUT2D eigenvalue weighted by molar-refractivity contribution is 0.159. The third-order valence-corrected chi connectivity index (χ3v) is 5.39. The van der Waals surface area contributed by atoms with Gasteiger partial charge in [-0.1, -0.05) is 34.1 Å². The summed E-state index contributed by atoms with van der Waals surface area (Å²) < 4.78 is 1.12. The third-order valence-electron chi connectivity index (χ3n) is 4.00. The van der Waals surface area contributed by atoms with Gasteiger partial charge in [0, 0.05) is 28.0 Å². The summed E-state index contributed by atoms with van der Waals surface area (Å²) in [6.45, 7) is 3.13. The van der Waals surface area contributed by atoms with E-state index < -0.39 is 0 Å². The minimum atomic E-state index is 0.117. The van der Waals surface area contributed by atoms with E-state index in [0.717, 1.165) is 11.0 Å². The van der Waals surface area contributed by atoms with Crippen LogP contribution in [-0.2, 0) is 6.54 Å². The molecule has 4 heteroatoms. The average molecular weight is 365 g/mol. The Labute approximate surface area is 139 Å². The maximum Gasteiger partial charge on any atom is 0.0503 e. The SMILES string of the molecule is CC(N)C(c1ccc(Br)cc1)N(Cc1cccs1)C1CC1. The van der Waals surface area contributed by atoms with E-state index in [1.807, 2.05) is 11.3 Å².